The van der Waals surface area contributed by atoms with E-state index in [1.165, 1.54) is 12.3 Å². The van der Waals surface area contributed by atoms with Gasteiger partial charge in [-0.1, -0.05) is 72.3 Å². The van der Waals surface area contributed by atoms with Crippen LogP contribution in [0.15, 0.2) is 77.9 Å². The molecule has 0 bridgehead atoms. The first-order valence-corrected chi connectivity index (χ1v) is 8.86. The number of rotatable bonds is 5. The summed E-state index contributed by atoms with van der Waals surface area (Å²) in [5, 5.41) is 4.48. The van der Waals surface area contributed by atoms with E-state index in [0.717, 1.165) is 5.56 Å². The van der Waals surface area contributed by atoms with E-state index >= 15 is 0 Å². The molecule has 27 heavy (non-hydrogen) atoms. The molecule has 0 aromatic heterocycles. The minimum absolute atomic E-state index is 0.329. The van der Waals surface area contributed by atoms with E-state index in [0.29, 0.717) is 21.7 Å². The van der Waals surface area contributed by atoms with Gasteiger partial charge >= 0.3 is 0 Å². The zero-order valence-electron chi connectivity index (χ0n) is 14.7. The van der Waals surface area contributed by atoms with Crippen molar-refractivity contribution in [3.8, 4) is 11.1 Å². The summed E-state index contributed by atoms with van der Waals surface area (Å²) in [4.78, 5) is 12.3. The summed E-state index contributed by atoms with van der Waals surface area (Å²) in [6.07, 6.45) is 1.48. The van der Waals surface area contributed by atoms with Crippen LogP contribution in [-0.2, 0) is 4.79 Å². The normalized spacial score (nSPS) is 12.1. The third-order valence-electron chi connectivity index (χ3n) is 4.25. The van der Waals surface area contributed by atoms with E-state index < -0.39 is 5.92 Å². The van der Waals surface area contributed by atoms with Gasteiger partial charge in [0.1, 0.15) is 5.82 Å². The van der Waals surface area contributed by atoms with Gasteiger partial charge in [0.2, 0.25) is 5.91 Å². The fourth-order valence-corrected chi connectivity index (χ4v) is 2.83. The summed E-state index contributed by atoms with van der Waals surface area (Å²) in [5.74, 6) is -1.24. The molecule has 0 fully saturated rings. The summed E-state index contributed by atoms with van der Waals surface area (Å²) < 4.78 is 14.5. The predicted octanol–water partition coefficient (Wildman–Crippen LogP) is 5.40. The highest BCUT2D eigenvalue weighted by molar-refractivity contribution is 6.33. The van der Waals surface area contributed by atoms with Crippen molar-refractivity contribution in [1.82, 2.24) is 5.43 Å². The van der Waals surface area contributed by atoms with Gasteiger partial charge in [0.05, 0.1) is 12.1 Å². The molecule has 0 spiro atoms. The van der Waals surface area contributed by atoms with Crippen LogP contribution in [0.1, 0.15) is 24.0 Å². The number of amides is 1. The zero-order chi connectivity index (χ0) is 19.2. The molecule has 0 aliphatic carbocycles. The molecule has 3 aromatic carbocycles. The van der Waals surface area contributed by atoms with Crippen molar-refractivity contribution in [2.24, 2.45) is 5.10 Å². The van der Waals surface area contributed by atoms with E-state index in [9.17, 15) is 9.18 Å². The van der Waals surface area contributed by atoms with Gasteiger partial charge in [-0.25, -0.2) is 9.82 Å². The molecule has 1 atom stereocenters. The van der Waals surface area contributed by atoms with E-state index in [-0.39, 0.29) is 11.7 Å². The molecule has 136 valence electrons. The second-order valence-electron chi connectivity index (χ2n) is 6.08. The van der Waals surface area contributed by atoms with Crippen molar-refractivity contribution in [2.45, 2.75) is 12.8 Å². The lowest BCUT2D eigenvalue weighted by atomic mass is 9.96. The maximum absolute atomic E-state index is 14.5. The molecule has 3 aromatic rings. The lowest BCUT2D eigenvalue weighted by molar-refractivity contribution is -0.122. The van der Waals surface area contributed by atoms with Crippen molar-refractivity contribution in [1.29, 1.82) is 0 Å². The van der Waals surface area contributed by atoms with Gasteiger partial charge in [0, 0.05) is 16.1 Å². The third kappa shape index (κ3) is 4.60. The Morgan fingerprint density at radius 1 is 1.07 bits per heavy atom. The van der Waals surface area contributed by atoms with Crippen LogP contribution in [-0.4, -0.2) is 12.1 Å². The maximum Gasteiger partial charge on any atom is 0.247 e. The molecule has 3 rings (SSSR count). The van der Waals surface area contributed by atoms with Crippen LogP contribution >= 0.6 is 11.6 Å². The molecule has 0 aliphatic heterocycles. The number of hydrogen-bond donors (Lipinski definition) is 1. The summed E-state index contributed by atoms with van der Waals surface area (Å²) in [6, 6.07) is 21.3. The molecule has 0 saturated heterocycles. The van der Waals surface area contributed by atoms with Gasteiger partial charge in [-0.3, -0.25) is 4.79 Å². The molecule has 1 unspecified atom stereocenters. The first-order chi connectivity index (χ1) is 13.1. The van der Waals surface area contributed by atoms with Gasteiger partial charge in [-0.2, -0.15) is 5.10 Å². The van der Waals surface area contributed by atoms with Crippen LogP contribution in [0.5, 0.6) is 0 Å². The molecule has 0 aliphatic rings. The van der Waals surface area contributed by atoms with Crippen molar-refractivity contribution < 1.29 is 9.18 Å². The third-order valence-corrected chi connectivity index (χ3v) is 4.60. The number of hydrogen-bond acceptors (Lipinski definition) is 2. The quantitative estimate of drug-likeness (QED) is 0.467. The van der Waals surface area contributed by atoms with Gasteiger partial charge in [-0.15, -0.1) is 0 Å². The van der Waals surface area contributed by atoms with Crippen LogP contribution in [0.25, 0.3) is 11.1 Å². The smallest absolute Gasteiger partial charge is 0.247 e. The molecule has 0 radical (unpaired) electrons. The number of benzene rings is 3. The second-order valence-corrected chi connectivity index (χ2v) is 6.49. The molecule has 5 heteroatoms. The van der Waals surface area contributed by atoms with Crippen LogP contribution in [0.3, 0.4) is 0 Å². The number of nitrogens with one attached hydrogen (secondary N) is 1. The largest absolute Gasteiger partial charge is 0.272 e. The monoisotopic (exact) mass is 380 g/mol. The van der Waals surface area contributed by atoms with E-state index in [4.69, 9.17) is 11.6 Å². The highest BCUT2D eigenvalue weighted by Gasteiger charge is 2.17. The minimum atomic E-state index is -0.548. The highest BCUT2D eigenvalue weighted by atomic mass is 35.5. The van der Waals surface area contributed by atoms with Gasteiger partial charge in [0.25, 0.3) is 0 Å². The number of carbonyl (C=O) groups is 1. The number of halogens is 2. The van der Waals surface area contributed by atoms with Crippen LogP contribution in [0.2, 0.25) is 5.02 Å². The fraction of sp³-hybridized carbons (Fsp3) is 0.0909. The lowest BCUT2D eigenvalue weighted by Gasteiger charge is -2.12. The molecule has 1 N–H and O–H groups in total. The standard InChI is InChI=1S/C22H18ClFN2O/c1-15(22(27)26-25-14-18-9-5-6-10-20(18)23)17-11-12-19(21(24)13-17)16-7-3-2-4-8-16/h2-15H,1H3,(H,26,27)/b25-14+. The number of carbonyl (C=O) groups excluding carboxylic acids is 1. The lowest BCUT2D eigenvalue weighted by Crippen LogP contribution is -2.23. The van der Waals surface area contributed by atoms with Gasteiger partial charge < -0.3 is 0 Å². The Bertz CT molecular complexity index is 973. The van der Waals surface area contributed by atoms with Gasteiger partial charge in [-0.05, 0) is 30.2 Å². The molecule has 0 saturated carbocycles. The molecule has 1 amide bonds. The maximum atomic E-state index is 14.5. The Labute approximate surface area is 162 Å². The average molecular weight is 381 g/mol. The fourth-order valence-electron chi connectivity index (χ4n) is 2.65. The summed E-state index contributed by atoms with van der Waals surface area (Å²) in [6.45, 7) is 1.71. The van der Waals surface area contributed by atoms with Crippen LogP contribution < -0.4 is 5.43 Å². The van der Waals surface area contributed by atoms with E-state index in [1.54, 1.807) is 31.2 Å². The number of hydrazone groups is 1. The van der Waals surface area contributed by atoms with Gasteiger partial charge in [0.15, 0.2) is 0 Å². The zero-order valence-corrected chi connectivity index (χ0v) is 15.5. The predicted molar refractivity (Wildman–Crippen MR) is 107 cm³/mol. The summed E-state index contributed by atoms with van der Waals surface area (Å²) >= 11 is 6.04. The second kappa shape index (κ2) is 8.60. The Kier molecular flexibility index (Phi) is 5.99. The van der Waals surface area contributed by atoms with E-state index in [1.807, 2.05) is 42.5 Å². The number of nitrogens with zero attached hydrogens (tertiary/aromatic N) is 1. The Hall–Kier alpha value is -2.98. The Balaban J connectivity index is 1.70. The van der Waals surface area contributed by atoms with Crippen LogP contribution in [0.4, 0.5) is 4.39 Å². The Morgan fingerprint density at radius 3 is 2.48 bits per heavy atom. The van der Waals surface area contributed by atoms with Crippen molar-refractivity contribution in [2.75, 3.05) is 0 Å². The first kappa shape index (κ1) is 18.8. The van der Waals surface area contributed by atoms with Crippen molar-refractivity contribution in [3.63, 3.8) is 0 Å². The first-order valence-electron chi connectivity index (χ1n) is 8.48. The molecule has 0 heterocycles. The van der Waals surface area contributed by atoms with Crippen molar-refractivity contribution >= 4 is 23.7 Å². The molecular weight excluding hydrogens is 363 g/mol. The SMILES string of the molecule is CC(C(=O)N/N=C/c1ccccc1Cl)c1ccc(-c2ccccc2)c(F)c1. The topological polar surface area (TPSA) is 41.5 Å². The summed E-state index contributed by atoms with van der Waals surface area (Å²) in [7, 11) is 0. The molecule has 3 nitrogen and oxygen atoms in total. The minimum Gasteiger partial charge on any atom is -0.272 e. The van der Waals surface area contributed by atoms with Crippen molar-refractivity contribution in [3.05, 3.63) is 94.8 Å². The van der Waals surface area contributed by atoms with E-state index in [2.05, 4.69) is 10.5 Å². The molecular formula is C22H18ClFN2O. The summed E-state index contributed by atoms with van der Waals surface area (Å²) in [5.41, 5.74) is 5.05. The Morgan fingerprint density at radius 2 is 1.78 bits per heavy atom. The average Bonchev–Trinajstić information content (AvgIpc) is 2.69. The highest BCUT2D eigenvalue weighted by Crippen LogP contribution is 2.26. The van der Waals surface area contributed by atoms with Crippen LogP contribution in [0, 0.1) is 5.82 Å².